The van der Waals surface area contributed by atoms with Gasteiger partial charge in [-0.25, -0.2) is 8.42 Å². The molecule has 3 aromatic rings. The first-order valence-electron chi connectivity index (χ1n) is 13.3. The van der Waals surface area contributed by atoms with E-state index in [9.17, 15) is 34.8 Å². The predicted molar refractivity (Wildman–Crippen MR) is 143 cm³/mol. The molecule has 41 heavy (non-hydrogen) atoms. The van der Waals surface area contributed by atoms with Crippen molar-refractivity contribution in [2.45, 2.75) is 61.2 Å². The smallest absolute Gasteiger partial charge is 0.412 e. The van der Waals surface area contributed by atoms with E-state index in [1.54, 1.807) is 42.5 Å². The molecule has 2 aliphatic rings. The van der Waals surface area contributed by atoms with Crippen molar-refractivity contribution in [1.82, 2.24) is 4.90 Å². The third kappa shape index (κ3) is 6.89. The van der Waals surface area contributed by atoms with Gasteiger partial charge in [0.2, 0.25) is 6.04 Å². The summed E-state index contributed by atoms with van der Waals surface area (Å²) in [5.41, 5.74) is 3.32. The first-order valence-corrected chi connectivity index (χ1v) is 15.1. The lowest BCUT2D eigenvalue weighted by molar-refractivity contribution is -0.291. The molecule has 1 saturated heterocycles. The van der Waals surface area contributed by atoms with Crippen molar-refractivity contribution in [3.05, 3.63) is 89.5 Å². The molecule has 11 heteroatoms. The molecule has 0 aromatic heterocycles. The number of sulfone groups is 1. The second-order valence-electron chi connectivity index (χ2n) is 10.8. The van der Waals surface area contributed by atoms with Gasteiger partial charge >= 0.3 is 12.4 Å². The summed E-state index contributed by atoms with van der Waals surface area (Å²) >= 11 is 0. The Morgan fingerprint density at radius 2 is 1.32 bits per heavy atom. The fourth-order valence-corrected chi connectivity index (χ4v) is 7.27. The van der Waals surface area contributed by atoms with Crippen LogP contribution in [0, 0.1) is 0 Å². The highest BCUT2D eigenvalue weighted by Crippen LogP contribution is 2.44. The number of likely N-dealkylation sites (tertiary alicyclic amines) is 1. The number of halogens is 6. The van der Waals surface area contributed by atoms with Gasteiger partial charge in [-0.05, 0) is 65.6 Å². The van der Waals surface area contributed by atoms with Crippen molar-refractivity contribution in [2.24, 2.45) is 0 Å². The van der Waals surface area contributed by atoms with Crippen LogP contribution in [0.5, 0.6) is 5.75 Å². The first kappa shape index (κ1) is 29.4. The third-order valence-electron chi connectivity index (χ3n) is 7.83. The fourth-order valence-electron chi connectivity index (χ4n) is 5.77. The van der Waals surface area contributed by atoms with Crippen LogP contribution in [0.25, 0.3) is 11.1 Å². The fraction of sp³-hybridized carbons (Fsp3) is 0.400. The molecule has 2 heterocycles. The number of hydrogen-bond donors (Lipinski definition) is 0. The van der Waals surface area contributed by atoms with Crippen LogP contribution >= 0.6 is 0 Å². The minimum Gasteiger partial charge on any atom is -0.487 e. The van der Waals surface area contributed by atoms with E-state index >= 15 is 0 Å². The van der Waals surface area contributed by atoms with E-state index in [2.05, 4.69) is 0 Å². The highest BCUT2D eigenvalue weighted by molar-refractivity contribution is 7.89. The van der Waals surface area contributed by atoms with E-state index in [4.69, 9.17) is 4.74 Å². The Hall–Kier alpha value is -3.05. The van der Waals surface area contributed by atoms with E-state index in [1.165, 1.54) is 0 Å². The van der Waals surface area contributed by atoms with E-state index in [-0.39, 0.29) is 37.4 Å². The van der Waals surface area contributed by atoms with Gasteiger partial charge in [0.1, 0.15) is 11.4 Å². The molecule has 0 N–H and O–H groups in total. The maximum Gasteiger partial charge on any atom is 0.412 e. The normalized spacial score (nSPS) is 17.8. The van der Waals surface area contributed by atoms with Gasteiger partial charge in [0.05, 0.1) is 11.5 Å². The predicted octanol–water partition coefficient (Wildman–Crippen LogP) is 7.12. The van der Waals surface area contributed by atoms with Crippen molar-refractivity contribution in [2.75, 3.05) is 13.1 Å². The maximum absolute atomic E-state index is 13.2. The Morgan fingerprint density at radius 1 is 0.756 bits per heavy atom. The van der Waals surface area contributed by atoms with Gasteiger partial charge in [-0.1, -0.05) is 60.7 Å². The number of hydrogen-bond acceptors (Lipinski definition) is 4. The van der Waals surface area contributed by atoms with Gasteiger partial charge in [-0.2, -0.15) is 26.3 Å². The summed E-state index contributed by atoms with van der Waals surface area (Å²) in [5, 5.41) is 0. The third-order valence-corrected chi connectivity index (χ3v) is 9.38. The van der Waals surface area contributed by atoms with Crippen molar-refractivity contribution >= 4 is 9.84 Å². The Balaban J connectivity index is 1.23. The molecular formula is C30H29F6NO3S. The van der Waals surface area contributed by atoms with Crippen LogP contribution in [0.2, 0.25) is 0 Å². The Kier molecular flexibility index (Phi) is 7.88. The van der Waals surface area contributed by atoms with Gasteiger partial charge in [0.25, 0.3) is 0 Å². The van der Waals surface area contributed by atoms with Crippen LogP contribution in [-0.4, -0.2) is 50.4 Å². The summed E-state index contributed by atoms with van der Waals surface area (Å²) in [4.78, 5) is 0.462. The molecule has 0 aliphatic carbocycles. The van der Waals surface area contributed by atoms with Crippen molar-refractivity contribution in [1.29, 1.82) is 0 Å². The molecule has 1 fully saturated rings. The minimum atomic E-state index is -5.40. The molecule has 0 bridgehead atoms. The Bertz CT molecular complexity index is 1450. The average molecular weight is 598 g/mol. The molecule has 0 radical (unpaired) electrons. The van der Waals surface area contributed by atoms with Gasteiger partial charge in [0, 0.05) is 13.1 Å². The van der Waals surface area contributed by atoms with Gasteiger partial charge in [-0.3, -0.25) is 4.90 Å². The molecule has 220 valence electrons. The summed E-state index contributed by atoms with van der Waals surface area (Å²) in [6, 6.07) is 18.4. The number of nitrogens with zero attached hydrogens (tertiary/aromatic N) is 1. The molecular weight excluding hydrogens is 568 g/mol. The van der Waals surface area contributed by atoms with E-state index in [0.717, 1.165) is 22.3 Å². The zero-order valence-electron chi connectivity index (χ0n) is 22.0. The second-order valence-corrected chi connectivity index (χ2v) is 12.9. The zero-order chi connectivity index (χ0) is 29.5. The number of benzene rings is 3. The topological polar surface area (TPSA) is 46.6 Å². The molecule has 0 amide bonds. The quantitative estimate of drug-likeness (QED) is 0.284. The average Bonchev–Trinajstić information content (AvgIpc) is 2.89. The zero-order valence-corrected chi connectivity index (χ0v) is 22.8. The van der Waals surface area contributed by atoms with Crippen LogP contribution in [0.1, 0.15) is 36.0 Å². The molecule has 4 nitrogen and oxygen atoms in total. The molecule has 2 aliphatic heterocycles. The molecule has 1 spiro atoms. The highest BCUT2D eigenvalue weighted by atomic mass is 32.2. The second kappa shape index (κ2) is 11.0. The van der Waals surface area contributed by atoms with Crippen LogP contribution in [0.4, 0.5) is 26.3 Å². The summed E-state index contributed by atoms with van der Waals surface area (Å²) in [6.45, 7) is -0.713. The molecule has 5 rings (SSSR count). The van der Waals surface area contributed by atoms with Crippen LogP contribution in [-0.2, 0) is 27.8 Å². The van der Waals surface area contributed by atoms with E-state index in [0.29, 0.717) is 29.1 Å². The van der Waals surface area contributed by atoms with Crippen LogP contribution in [0.15, 0.2) is 72.8 Å². The lowest BCUT2D eigenvalue weighted by Gasteiger charge is -2.46. The van der Waals surface area contributed by atoms with Crippen molar-refractivity contribution in [3.8, 4) is 16.9 Å². The lowest BCUT2D eigenvalue weighted by atomic mass is 9.82. The number of ether oxygens (including phenoxy) is 1. The number of piperidine rings is 1. The summed E-state index contributed by atoms with van der Waals surface area (Å²) in [6.07, 6.45) is -9.56. The SMILES string of the molecule is O=S(=O)(Cc1ccccc1)Cc1ccc(-c2ccc3c(c2)CCC2(CCN(C(C(F)(F)F)C(F)(F)F)CC2)O3)cc1. The van der Waals surface area contributed by atoms with Crippen molar-refractivity contribution < 1.29 is 39.5 Å². The maximum atomic E-state index is 13.2. The highest BCUT2D eigenvalue weighted by Gasteiger charge is 2.60. The minimum absolute atomic E-state index is 0.0365. The number of fused-ring (bicyclic) bond motifs is 1. The van der Waals surface area contributed by atoms with E-state index in [1.807, 2.05) is 30.3 Å². The summed E-state index contributed by atoms with van der Waals surface area (Å²) in [7, 11) is -3.34. The monoisotopic (exact) mass is 597 g/mol. The number of alkyl halides is 6. The Morgan fingerprint density at radius 3 is 1.90 bits per heavy atom. The molecule has 0 saturated carbocycles. The molecule has 0 atom stereocenters. The molecule has 3 aromatic carbocycles. The standard InChI is InChI=1S/C30H29F6NO3S/c31-29(32,33)27(30(34,35)36)37-16-14-28(15-17-37)13-12-25-18-24(10-11-26(25)40-28)23-8-6-22(7-9-23)20-41(38,39)19-21-4-2-1-3-5-21/h1-11,18,27H,12-17,19-20H2. The largest absolute Gasteiger partial charge is 0.487 e. The van der Waals surface area contributed by atoms with Gasteiger partial charge in [-0.15, -0.1) is 0 Å². The summed E-state index contributed by atoms with van der Waals surface area (Å²) < 4.78 is 110. The summed E-state index contributed by atoms with van der Waals surface area (Å²) in [5.74, 6) is 0.470. The first-order chi connectivity index (χ1) is 19.2. The Labute approximate surface area is 234 Å². The van der Waals surface area contributed by atoms with Crippen LogP contribution in [0.3, 0.4) is 0 Å². The van der Waals surface area contributed by atoms with Crippen LogP contribution < -0.4 is 4.74 Å². The van der Waals surface area contributed by atoms with E-state index < -0.39 is 33.8 Å². The van der Waals surface area contributed by atoms with Gasteiger partial charge < -0.3 is 4.74 Å². The van der Waals surface area contributed by atoms with Gasteiger partial charge in [0.15, 0.2) is 9.84 Å². The lowest BCUT2D eigenvalue weighted by Crippen LogP contribution is -2.60. The number of aryl methyl sites for hydroxylation is 1. The number of rotatable bonds is 6. The molecule has 0 unspecified atom stereocenters. The van der Waals surface area contributed by atoms with Crippen molar-refractivity contribution in [3.63, 3.8) is 0 Å².